The zero-order chi connectivity index (χ0) is 19.9. The number of hydrogen-bond donors (Lipinski definition) is 2. The summed E-state index contributed by atoms with van der Waals surface area (Å²) in [4.78, 5) is 11.8. The number of nitrogens with one attached hydrogen (secondary N) is 2. The second-order valence-electron chi connectivity index (χ2n) is 7.81. The Labute approximate surface area is 162 Å². The molecule has 1 aromatic carbocycles. The Kier molecular flexibility index (Phi) is 7.44. The van der Waals surface area contributed by atoms with E-state index in [4.69, 9.17) is 4.74 Å². The SMILES string of the molecule is CC(C)(C)OC(=O)NCC=Cc1cccc(S(=O)(=O)NC2CCCCC2)c1. The number of hydrogen-bond acceptors (Lipinski definition) is 4. The zero-order valence-corrected chi connectivity index (χ0v) is 17.1. The van der Waals surface area contributed by atoms with Crippen LogP contribution in [0.15, 0.2) is 35.2 Å². The van der Waals surface area contributed by atoms with Crippen LogP contribution in [-0.4, -0.2) is 32.7 Å². The third kappa shape index (κ3) is 7.72. The van der Waals surface area contributed by atoms with Crippen molar-refractivity contribution in [3.63, 3.8) is 0 Å². The highest BCUT2D eigenvalue weighted by molar-refractivity contribution is 7.89. The summed E-state index contributed by atoms with van der Waals surface area (Å²) in [7, 11) is -3.52. The third-order valence-electron chi connectivity index (χ3n) is 4.17. The maximum absolute atomic E-state index is 12.6. The Balaban J connectivity index is 1.93. The van der Waals surface area contributed by atoms with E-state index in [-0.39, 0.29) is 10.9 Å². The molecule has 0 radical (unpaired) electrons. The van der Waals surface area contributed by atoms with Crippen molar-refractivity contribution >= 4 is 22.2 Å². The number of alkyl carbamates (subject to hydrolysis) is 1. The van der Waals surface area contributed by atoms with Crippen LogP contribution < -0.4 is 10.0 Å². The highest BCUT2D eigenvalue weighted by Gasteiger charge is 2.21. The van der Waals surface area contributed by atoms with Crippen molar-refractivity contribution in [3.05, 3.63) is 35.9 Å². The van der Waals surface area contributed by atoms with Crippen molar-refractivity contribution in [2.45, 2.75) is 69.4 Å². The summed E-state index contributed by atoms with van der Waals surface area (Å²) < 4.78 is 33.2. The van der Waals surface area contributed by atoms with Crippen LogP contribution >= 0.6 is 0 Å². The van der Waals surface area contributed by atoms with Gasteiger partial charge < -0.3 is 10.1 Å². The van der Waals surface area contributed by atoms with Crippen LogP contribution in [0.3, 0.4) is 0 Å². The molecule has 0 atom stereocenters. The van der Waals surface area contributed by atoms with Crippen LogP contribution in [0.2, 0.25) is 0 Å². The molecule has 1 amide bonds. The molecule has 0 aliphatic heterocycles. The molecule has 0 bridgehead atoms. The number of amides is 1. The Morgan fingerprint density at radius 3 is 2.59 bits per heavy atom. The zero-order valence-electron chi connectivity index (χ0n) is 16.3. The molecule has 0 heterocycles. The van der Waals surface area contributed by atoms with Crippen molar-refractivity contribution in [1.82, 2.24) is 10.0 Å². The Morgan fingerprint density at radius 2 is 1.93 bits per heavy atom. The van der Waals surface area contributed by atoms with Crippen molar-refractivity contribution in [2.75, 3.05) is 6.54 Å². The molecule has 1 aliphatic rings. The molecule has 0 saturated heterocycles. The van der Waals surface area contributed by atoms with Crippen molar-refractivity contribution < 1.29 is 17.9 Å². The fraction of sp³-hybridized carbons (Fsp3) is 0.550. The lowest BCUT2D eigenvalue weighted by molar-refractivity contribution is 0.0534. The lowest BCUT2D eigenvalue weighted by atomic mass is 9.96. The van der Waals surface area contributed by atoms with E-state index in [1.54, 1.807) is 51.1 Å². The lowest BCUT2D eigenvalue weighted by Gasteiger charge is -2.22. The van der Waals surface area contributed by atoms with E-state index in [2.05, 4.69) is 10.0 Å². The minimum atomic E-state index is -3.52. The first-order valence-corrected chi connectivity index (χ1v) is 10.9. The number of rotatable bonds is 6. The number of ether oxygens (including phenoxy) is 1. The number of carbonyl (C=O) groups excluding carboxylic acids is 1. The Hall–Kier alpha value is -1.86. The minimum Gasteiger partial charge on any atom is -0.444 e. The van der Waals surface area contributed by atoms with Crippen molar-refractivity contribution in [1.29, 1.82) is 0 Å². The summed E-state index contributed by atoms with van der Waals surface area (Å²) >= 11 is 0. The van der Waals surface area contributed by atoms with Gasteiger partial charge in [0.1, 0.15) is 5.60 Å². The molecule has 1 saturated carbocycles. The number of benzene rings is 1. The molecule has 6 nitrogen and oxygen atoms in total. The van der Waals surface area contributed by atoms with E-state index in [1.807, 2.05) is 6.07 Å². The maximum Gasteiger partial charge on any atom is 0.407 e. The van der Waals surface area contributed by atoms with E-state index in [0.717, 1.165) is 31.2 Å². The first-order valence-electron chi connectivity index (χ1n) is 9.41. The van der Waals surface area contributed by atoms with Crippen LogP contribution in [0, 0.1) is 0 Å². The third-order valence-corrected chi connectivity index (χ3v) is 5.69. The highest BCUT2D eigenvalue weighted by Crippen LogP contribution is 2.20. The highest BCUT2D eigenvalue weighted by atomic mass is 32.2. The fourth-order valence-corrected chi connectivity index (χ4v) is 4.30. The molecule has 150 valence electrons. The van der Waals surface area contributed by atoms with Crippen LogP contribution in [0.5, 0.6) is 0 Å². The van der Waals surface area contributed by atoms with E-state index >= 15 is 0 Å². The molecule has 1 aliphatic carbocycles. The van der Waals surface area contributed by atoms with Gasteiger partial charge in [-0.2, -0.15) is 0 Å². The summed E-state index contributed by atoms with van der Waals surface area (Å²) in [6.07, 6.45) is 8.16. The van der Waals surface area contributed by atoms with E-state index in [1.165, 1.54) is 6.42 Å². The summed E-state index contributed by atoms with van der Waals surface area (Å²) in [5, 5.41) is 2.63. The molecule has 1 aromatic rings. The topological polar surface area (TPSA) is 84.5 Å². The fourth-order valence-electron chi connectivity index (χ4n) is 2.94. The standard InChI is InChI=1S/C20H30N2O4S/c1-20(2,3)26-19(23)21-14-8-10-16-9-7-13-18(15-16)27(24,25)22-17-11-5-4-6-12-17/h7-10,13,15,17,22H,4-6,11-12,14H2,1-3H3,(H,21,23). The first-order chi connectivity index (χ1) is 12.7. The minimum absolute atomic E-state index is 0.0287. The average Bonchev–Trinajstić information content (AvgIpc) is 2.58. The monoisotopic (exact) mass is 394 g/mol. The molecule has 2 rings (SSSR count). The molecule has 27 heavy (non-hydrogen) atoms. The predicted molar refractivity (Wildman–Crippen MR) is 107 cm³/mol. The van der Waals surface area contributed by atoms with Crippen LogP contribution in [0.25, 0.3) is 6.08 Å². The van der Waals surface area contributed by atoms with Gasteiger partial charge in [0.25, 0.3) is 0 Å². The molecular weight excluding hydrogens is 364 g/mol. The number of sulfonamides is 1. The summed E-state index contributed by atoms with van der Waals surface area (Å²) in [5.74, 6) is 0. The van der Waals surface area contributed by atoms with Crippen LogP contribution in [-0.2, 0) is 14.8 Å². The normalized spacial score (nSPS) is 16.4. The predicted octanol–water partition coefficient (Wildman–Crippen LogP) is 3.84. The van der Waals surface area contributed by atoms with Gasteiger partial charge in [0.2, 0.25) is 10.0 Å². The lowest BCUT2D eigenvalue weighted by Crippen LogP contribution is -2.36. The van der Waals surface area contributed by atoms with Crippen LogP contribution in [0.4, 0.5) is 4.79 Å². The number of carbonyl (C=O) groups is 1. The van der Waals surface area contributed by atoms with Gasteiger partial charge in [-0.25, -0.2) is 17.9 Å². The quantitative estimate of drug-likeness (QED) is 0.768. The Bertz CT molecular complexity index is 760. The first kappa shape index (κ1) is 21.4. The van der Waals surface area contributed by atoms with Gasteiger partial charge >= 0.3 is 6.09 Å². The van der Waals surface area contributed by atoms with E-state index in [0.29, 0.717) is 6.54 Å². The molecule has 2 N–H and O–H groups in total. The summed E-state index contributed by atoms with van der Waals surface area (Å²) in [5.41, 5.74) is 0.217. The van der Waals surface area contributed by atoms with Gasteiger partial charge in [-0.1, -0.05) is 43.5 Å². The van der Waals surface area contributed by atoms with Gasteiger partial charge in [-0.05, 0) is 51.3 Å². The largest absolute Gasteiger partial charge is 0.444 e. The summed E-state index contributed by atoms with van der Waals surface area (Å²) in [6, 6.07) is 6.80. The van der Waals surface area contributed by atoms with E-state index in [9.17, 15) is 13.2 Å². The molecule has 1 fully saturated rings. The molecule has 0 unspecified atom stereocenters. The van der Waals surface area contributed by atoms with Crippen molar-refractivity contribution in [3.8, 4) is 0 Å². The smallest absolute Gasteiger partial charge is 0.407 e. The van der Waals surface area contributed by atoms with Gasteiger partial charge in [-0.3, -0.25) is 0 Å². The van der Waals surface area contributed by atoms with Crippen LogP contribution in [0.1, 0.15) is 58.4 Å². The molecule has 0 aromatic heterocycles. The van der Waals surface area contributed by atoms with Gasteiger partial charge in [0.15, 0.2) is 0 Å². The van der Waals surface area contributed by atoms with Crippen molar-refractivity contribution in [2.24, 2.45) is 0 Å². The van der Waals surface area contributed by atoms with Gasteiger partial charge in [-0.15, -0.1) is 0 Å². The van der Waals surface area contributed by atoms with E-state index < -0.39 is 21.7 Å². The summed E-state index contributed by atoms with van der Waals surface area (Å²) in [6.45, 7) is 5.70. The van der Waals surface area contributed by atoms with Gasteiger partial charge in [0, 0.05) is 12.6 Å². The maximum atomic E-state index is 12.6. The molecular formula is C20H30N2O4S. The second-order valence-corrected chi connectivity index (χ2v) is 9.53. The Morgan fingerprint density at radius 1 is 1.22 bits per heavy atom. The average molecular weight is 395 g/mol. The van der Waals surface area contributed by atoms with Gasteiger partial charge in [0.05, 0.1) is 4.90 Å². The molecule has 7 heteroatoms. The second kappa shape index (κ2) is 9.37. The molecule has 0 spiro atoms.